The number of likely N-dealkylation sites (N-methyl/N-ethyl adjacent to an activating group) is 1. The Balaban J connectivity index is 4.09. The molecule has 3 N–H and O–H groups in total. The van der Waals surface area contributed by atoms with Crippen molar-refractivity contribution in [1.29, 1.82) is 0 Å². The maximum Gasteiger partial charge on any atom is 0.472 e. The fourth-order valence-corrected chi connectivity index (χ4v) is 8.12. The third kappa shape index (κ3) is 46.5. The van der Waals surface area contributed by atoms with Crippen molar-refractivity contribution in [3.63, 3.8) is 0 Å². The van der Waals surface area contributed by atoms with Gasteiger partial charge in [0.05, 0.1) is 39.9 Å². The molecule has 3 atom stereocenters. The van der Waals surface area contributed by atoms with E-state index in [1.807, 2.05) is 27.2 Å². The number of phosphoric acid groups is 1. The second kappa shape index (κ2) is 44.7. The smallest absolute Gasteiger partial charge is 0.387 e. The Labute approximate surface area is 384 Å². The third-order valence-corrected chi connectivity index (χ3v) is 12.5. The summed E-state index contributed by atoms with van der Waals surface area (Å²) in [5, 5.41) is 13.8. The van der Waals surface area contributed by atoms with E-state index in [0.717, 1.165) is 44.9 Å². The zero-order chi connectivity index (χ0) is 45.7. The van der Waals surface area contributed by atoms with Crippen LogP contribution in [0.2, 0.25) is 0 Å². The zero-order valence-corrected chi connectivity index (χ0v) is 42.3. The molecule has 9 heteroatoms. The lowest BCUT2D eigenvalue weighted by molar-refractivity contribution is -0.870. The quantitative estimate of drug-likeness (QED) is 0.0243. The van der Waals surface area contributed by atoms with Crippen LogP contribution in [0.1, 0.15) is 232 Å². The van der Waals surface area contributed by atoms with E-state index in [1.54, 1.807) is 6.08 Å². The molecule has 62 heavy (non-hydrogen) atoms. The third-order valence-electron chi connectivity index (χ3n) is 11.5. The summed E-state index contributed by atoms with van der Waals surface area (Å²) in [5.74, 6) is -0.187. The first kappa shape index (κ1) is 60.5. The van der Waals surface area contributed by atoms with Crippen LogP contribution in [-0.2, 0) is 18.4 Å². The van der Waals surface area contributed by atoms with Crippen LogP contribution in [0.15, 0.2) is 48.6 Å². The van der Waals surface area contributed by atoms with Crippen molar-refractivity contribution in [2.75, 3.05) is 40.9 Å². The number of rotatable bonds is 47. The van der Waals surface area contributed by atoms with Gasteiger partial charge in [0.2, 0.25) is 5.91 Å². The molecule has 0 aliphatic carbocycles. The summed E-state index contributed by atoms with van der Waals surface area (Å²) in [4.78, 5) is 23.2. The summed E-state index contributed by atoms with van der Waals surface area (Å²) in [6.45, 7) is 4.76. The van der Waals surface area contributed by atoms with Gasteiger partial charge in [0, 0.05) is 6.42 Å². The van der Waals surface area contributed by atoms with Gasteiger partial charge in [0.25, 0.3) is 0 Å². The molecule has 3 unspecified atom stereocenters. The first-order valence-corrected chi connectivity index (χ1v) is 27.5. The van der Waals surface area contributed by atoms with E-state index in [0.29, 0.717) is 17.4 Å². The number of nitrogens with one attached hydrogen (secondary N) is 1. The molecule has 0 heterocycles. The minimum absolute atomic E-state index is 0.0560. The summed E-state index contributed by atoms with van der Waals surface area (Å²) in [5.41, 5.74) is 0. The molecule has 0 saturated carbocycles. The van der Waals surface area contributed by atoms with Crippen LogP contribution >= 0.6 is 7.82 Å². The van der Waals surface area contributed by atoms with Gasteiger partial charge in [-0.2, -0.15) is 0 Å². The molecular weight excluding hydrogens is 792 g/mol. The molecule has 1 amide bonds. The van der Waals surface area contributed by atoms with Crippen LogP contribution < -0.4 is 5.32 Å². The molecule has 364 valence electrons. The summed E-state index contributed by atoms with van der Waals surface area (Å²) in [7, 11) is 1.55. The number of aliphatic hydroxyl groups is 1. The molecule has 0 aromatic carbocycles. The number of hydrogen-bond donors (Lipinski definition) is 3. The number of unbranched alkanes of at least 4 members (excludes halogenated alkanes) is 28. The van der Waals surface area contributed by atoms with Gasteiger partial charge < -0.3 is 19.8 Å². The van der Waals surface area contributed by atoms with Gasteiger partial charge in [-0.1, -0.05) is 210 Å². The first-order chi connectivity index (χ1) is 30.0. The maximum absolute atomic E-state index is 12.9. The van der Waals surface area contributed by atoms with E-state index >= 15 is 0 Å². The van der Waals surface area contributed by atoms with E-state index in [9.17, 15) is 19.4 Å². The van der Waals surface area contributed by atoms with Crippen molar-refractivity contribution >= 4 is 13.7 Å². The SMILES string of the molecule is CCCCCCC/C=C\C/C=C\CCCCCCCCCCCCCCCCCCCC(=O)NC(COP(=O)(O)OCC[N+](C)(C)C)C(O)/C=C/CC/C=C/CCCCCCC. The molecular formula is C53H102N2O6P+. The molecule has 0 spiro atoms. The minimum Gasteiger partial charge on any atom is -0.387 e. The molecule has 0 bridgehead atoms. The first-order valence-electron chi connectivity index (χ1n) is 26.0. The van der Waals surface area contributed by atoms with Gasteiger partial charge in [0.1, 0.15) is 13.2 Å². The highest BCUT2D eigenvalue weighted by Crippen LogP contribution is 2.43. The summed E-state index contributed by atoms with van der Waals surface area (Å²) >= 11 is 0. The fraction of sp³-hybridized carbons (Fsp3) is 0.830. The van der Waals surface area contributed by atoms with E-state index in [1.165, 1.54) is 167 Å². The molecule has 8 nitrogen and oxygen atoms in total. The molecule has 0 aliphatic heterocycles. The lowest BCUT2D eigenvalue weighted by Crippen LogP contribution is -2.45. The Morgan fingerprint density at radius 2 is 0.935 bits per heavy atom. The Hall–Kier alpha value is -1.54. The Kier molecular flexibility index (Phi) is 43.5. The predicted octanol–water partition coefficient (Wildman–Crippen LogP) is 15.2. The number of quaternary nitrogens is 1. The minimum atomic E-state index is -4.34. The number of amides is 1. The van der Waals surface area contributed by atoms with E-state index in [4.69, 9.17) is 9.05 Å². The highest BCUT2D eigenvalue weighted by molar-refractivity contribution is 7.47. The van der Waals surface area contributed by atoms with Gasteiger partial charge in [-0.25, -0.2) is 4.57 Å². The Bertz CT molecular complexity index is 1150. The standard InChI is InChI=1S/C53H101N2O6P/c1-6-8-10-12-14-16-18-19-20-21-22-23-24-25-26-27-28-29-30-31-32-33-34-35-37-39-41-43-45-47-53(57)54-51(50-61-62(58,59)60-49-48-55(3,4)5)52(56)46-44-42-40-38-36-17-15-13-11-9-7-2/h18-19,21-22,36,38,44,46,51-52,56H,6-17,20,23-35,37,39-43,45,47-50H2,1-5H3,(H-,54,57,58,59)/p+1/b19-18-,22-21-,38-36+,46-44+. The summed E-state index contributed by atoms with van der Waals surface area (Å²) in [6, 6.07) is -0.861. The largest absolute Gasteiger partial charge is 0.472 e. The van der Waals surface area contributed by atoms with Crippen molar-refractivity contribution in [2.24, 2.45) is 0 Å². The predicted molar refractivity (Wildman–Crippen MR) is 267 cm³/mol. The van der Waals surface area contributed by atoms with Crippen LogP contribution in [0.3, 0.4) is 0 Å². The van der Waals surface area contributed by atoms with Crippen molar-refractivity contribution < 1.29 is 32.9 Å². The molecule has 0 radical (unpaired) electrons. The van der Waals surface area contributed by atoms with E-state index in [2.05, 4.69) is 55.6 Å². The van der Waals surface area contributed by atoms with Crippen LogP contribution in [0.5, 0.6) is 0 Å². The fourth-order valence-electron chi connectivity index (χ4n) is 7.38. The number of carbonyl (C=O) groups is 1. The normalized spacial score (nSPS) is 14.5. The number of allylic oxidation sites excluding steroid dienone is 7. The summed E-state index contributed by atoms with van der Waals surface area (Å²) < 4.78 is 23.6. The van der Waals surface area contributed by atoms with Gasteiger partial charge in [-0.3, -0.25) is 13.8 Å². The van der Waals surface area contributed by atoms with Crippen molar-refractivity contribution in [2.45, 2.75) is 244 Å². The van der Waals surface area contributed by atoms with Crippen LogP contribution in [0, 0.1) is 0 Å². The maximum atomic E-state index is 12.9. The van der Waals surface area contributed by atoms with Gasteiger partial charge in [0.15, 0.2) is 0 Å². The average Bonchev–Trinajstić information content (AvgIpc) is 3.23. The number of hydrogen-bond acceptors (Lipinski definition) is 5. The Morgan fingerprint density at radius 1 is 0.548 bits per heavy atom. The average molecular weight is 894 g/mol. The van der Waals surface area contributed by atoms with Crippen molar-refractivity contribution in [3.05, 3.63) is 48.6 Å². The second-order valence-corrected chi connectivity index (χ2v) is 20.3. The lowest BCUT2D eigenvalue weighted by Gasteiger charge is -2.25. The molecule has 0 saturated heterocycles. The van der Waals surface area contributed by atoms with Gasteiger partial charge in [-0.05, 0) is 64.2 Å². The van der Waals surface area contributed by atoms with E-state index in [-0.39, 0.29) is 19.1 Å². The molecule has 0 fully saturated rings. The highest BCUT2D eigenvalue weighted by atomic mass is 31.2. The van der Waals surface area contributed by atoms with Crippen molar-refractivity contribution in [1.82, 2.24) is 5.32 Å². The second-order valence-electron chi connectivity index (χ2n) is 18.9. The zero-order valence-electron chi connectivity index (χ0n) is 41.4. The van der Waals surface area contributed by atoms with Gasteiger partial charge >= 0.3 is 7.82 Å². The van der Waals surface area contributed by atoms with Crippen LogP contribution in [0.25, 0.3) is 0 Å². The van der Waals surface area contributed by atoms with Gasteiger partial charge in [-0.15, -0.1) is 0 Å². The molecule has 0 aliphatic rings. The van der Waals surface area contributed by atoms with Crippen LogP contribution in [0.4, 0.5) is 0 Å². The van der Waals surface area contributed by atoms with Crippen molar-refractivity contribution in [3.8, 4) is 0 Å². The van der Waals surface area contributed by atoms with E-state index < -0.39 is 20.0 Å². The monoisotopic (exact) mass is 894 g/mol. The topological polar surface area (TPSA) is 105 Å². The highest BCUT2D eigenvalue weighted by Gasteiger charge is 2.27. The molecule has 0 aromatic heterocycles. The number of phosphoric ester groups is 1. The number of carbonyl (C=O) groups excluding carboxylic acids is 1. The number of aliphatic hydroxyl groups excluding tert-OH is 1. The lowest BCUT2D eigenvalue weighted by atomic mass is 10.0. The van der Waals surface area contributed by atoms with Crippen LogP contribution in [-0.4, -0.2) is 73.4 Å². The Morgan fingerprint density at radius 3 is 1.39 bits per heavy atom. The molecule has 0 rings (SSSR count). The number of nitrogens with zero attached hydrogens (tertiary/aromatic N) is 1. The molecule has 0 aromatic rings. The summed E-state index contributed by atoms with van der Waals surface area (Å²) in [6.07, 6.45) is 57.9.